The van der Waals surface area contributed by atoms with E-state index in [0.717, 1.165) is 45.2 Å². The van der Waals surface area contributed by atoms with Gasteiger partial charge in [0.15, 0.2) is 0 Å². The zero-order chi connectivity index (χ0) is 13.7. The minimum absolute atomic E-state index is 0.455. The maximum absolute atomic E-state index is 13.6. The van der Waals surface area contributed by atoms with E-state index in [9.17, 15) is 8.78 Å². The second-order valence-corrected chi connectivity index (χ2v) is 5.00. The zero-order valence-corrected chi connectivity index (χ0v) is 11.1. The smallest absolute Gasteiger partial charge is 0.130 e. The van der Waals surface area contributed by atoms with Gasteiger partial charge >= 0.3 is 0 Å². The average Bonchev–Trinajstić information content (AvgIpc) is 2.59. The van der Waals surface area contributed by atoms with Crippen LogP contribution >= 0.6 is 0 Å². The minimum Gasteiger partial charge on any atom is -0.329 e. The van der Waals surface area contributed by atoms with Crippen molar-refractivity contribution in [2.75, 3.05) is 39.3 Å². The molecule has 106 valence electrons. The molecule has 0 aliphatic carbocycles. The number of nitrogens with two attached hydrogens (primary N) is 1. The molecule has 1 fully saturated rings. The zero-order valence-electron chi connectivity index (χ0n) is 11.1. The highest BCUT2D eigenvalue weighted by Gasteiger charge is 2.15. The Bertz CT molecular complexity index is 412. The molecule has 1 saturated heterocycles. The van der Waals surface area contributed by atoms with Gasteiger partial charge in [0.2, 0.25) is 0 Å². The summed E-state index contributed by atoms with van der Waals surface area (Å²) in [5, 5.41) is 0. The Labute approximate surface area is 113 Å². The van der Waals surface area contributed by atoms with Crippen LogP contribution in [0, 0.1) is 11.6 Å². The molecule has 1 heterocycles. The van der Waals surface area contributed by atoms with Gasteiger partial charge in [0, 0.05) is 44.4 Å². The molecule has 0 atom stereocenters. The summed E-state index contributed by atoms with van der Waals surface area (Å²) < 4.78 is 26.5. The maximum atomic E-state index is 13.6. The van der Waals surface area contributed by atoms with Crippen LogP contribution in [-0.4, -0.2) is 49.1 Å². The normalized spacial score (nSPS) is 18.5. The van der Waals surface area contributed by atoms with Gasteiger partial charge in [0.05, 0.1) is 0 Å². The van der Waals surface area contributed by atoms with E-state index in [-0.39, 0.29) is 0 Å². The van der Waals surface area contributed by atoms with E-state index in [1.807, 2.05) is 0 Å². The monoisotopic (exact) mass is 269 g/mol. The first kappa shape index (κ1) is 14.4. The first-order valence-corrected chi connectivity index (χ1v) is 6.78. The maximum Gasteiger partial charge on any atom is 0.130 e. The summed E-state index contributed by atoms with van der Waals surface area (Å²) in [4.78, 5) is 4.55. The fourth-order valence-corrected chi connectivity index (χ4v) is 2.48. The first-order chi connectivity index (χ1) is 9.19. The molecule has 0 amide bonds. The molecule has 0 bridgehead atoms. The van der Waals surface area contributed by atoms with Gasteiger partial charge in [0.25, 0.3) is 0 Å². The van der Waals surface area contributed by atoms with Gasteiger partial charge in [-0.15, -0.1) is 0 Å². The van der Waals surface area contributed by atoms with Crippen LogP contribution in [0.25, 0.3) is 0 Å². The molecule has 0 aromatic heterocycles. The lowest BCUT2D eigenvalue weighted by molar-refractivity contribution is 0.252. The van der Waals surface area contributed by atoms with Crippen LogP contribution in [0.2, 0.25) is 0 Å². The summed E-state index contributed by atoms with van der Waals surface area (Å²) in [5.74, 6) is -0.978. The van der Waals surface area contributed by atoms with Crippen molar-refractivity contribution in [2.24, 2.45) is 5.73 Å². The summed E-state index contributed by atoms with van der Waals surface area (Å²) in [6.45, 7) is 5.97. The second kappa shape index (κ2) is 6.93. The van der Waals surface area contributed by atoms with E-state index in [4.69, 9.17) is 5.73 Å². The molecule has 1 aliphatic rings. The molecule has 0 spiro atoms. The lowest BCUT2D eigenvalue weighted by Gasteiger charge is -2.21. The molecule has 19 heavy (non-hydrogen) atoms. The predicted molar refractivity (Wildman–Crippen MR) is 71.7 cm³/mol. The Kier molecular flexibility index (Phi) is 5.24. The van der Waals surface area contributed by atoms with Gasteiger partial charge in [0.1, 0.15) is 11.6 Å². The van der Waals surface area contributed by atoms with Crippen LogP contribution in [0.3, 0.4) is 0 Å². The highest BCUT2D eigenvalue weighted by atomic mass is 19.1. The van der Waals surface area contributed by atoms with Crippen molar-refractivity contribution in [2.45, 2.75) is 13.0 Å². The van der Waals surface area contributed by atoms with E-state index in [0.29, 0.717) is 18.7 Å². The SMILES string of the molecule is NCCN1CCCN(Cc2ccc(F)cc2F)CC1. The van der Waals surface area contributed by atoms with Crippen molar-refractivity contribution in [1.82, 2.24) is 9.80 Å². The largest absolute Gasteiger partial charge is 0.329 e. The van der Waals surface area contributed by atoms with E-state index in [1.165, 1.54) is 12.1 Å². The van der Waals surface area contributed by atoms with Gasteiger partial charge < -0.3 is 10.6 Å². The van der Waals surface area contributed by atoms with Crippen molar-refractivity contribution in [1.29, 1.82) is 0 Å². The number of hydrogen-bond acceptors (Lipinski definition) is 3. The van der Waals surface area contributed by atoms with Gasteiger partial charge in [-0.05, 0) is 25.6 Å². The lowest BCUT2D eigenvalue weighted by atomic mass is 10.2. The highest BCUT2D eigenvalue weighted by Crippen LogP contribution is 2.13. The summed E-state index contributed by atoms with van der Waals surface area (Å²) in [7, 11) is 0. The minimum atomic E-state index is -0.522. The van der Waals surface area contributed by atoms with Crippen LogP contribution in [-0.2, 0) is 6.54 Å². The van der Waals surface area contributed by atoms with Crippen LogP contribution < -0.4 is 5.73 Å². The number of nitrogens with zero attached hydrogens (tertiary/aromatic N) is 2. The number of rotatable bonds is 4. The van der Waals surface area contributed by atoms with Crippen molar-refractivity contribution in [3.05, 3.63) is 35.4 Å². The van der Waals surface area contributed by atoms with E-state index < -0.39 is 11.6 Å². The second-order valence-electron chi connectivity index (χ2n) is 5.00. The molecule has 0 saturated carbocycles. The molecule has 1 aromatic carbocycles. The van der Waals surface area contributed by atoms with Crippen molar-refractivity contribution in [3.8, 4) is 0 Å². The predicted octanol–water partition coefficient (Wildman–Crippen LogP) is 1.43. The van der Waals surface area contributed by atoms with E-state index in [2.05, 4.69) is 9.80 Å². The number of halogens is 2. The summed E-state index contributed by atoms with van der Waals surface area (Å²) in [6, 6.07) is 3.80. The van der Waals surface area contributed by atoms with Gasteiger partial charge in [-0.1, -0.05) is 6.07 Å². The average molecular weight is 269 g/mol. The van der Waals surface area contributed by atoms with Crippen LogP contribution in [0.1, 0.15) is 12.0 Å². The third-order valence-electron chi connectivity index (χ3n) is 3.54. The Morgan fingerprint density at radius 1 is 1.05 bits per heavy atom. The summed E-state index contributed by atoms with van der Waals surface area (Å²) in [5.41, 5.74) is 6.13. The molecule has 1 aromatic rings. The molecule has 2 N–H and O–H groups in total. The molecular weight excluding hydrogens is 248 g/mol. The third kappa shape index (κ3) is 4.23. The molecule has 5 heteroatoms. The molecular formula is C14H21F2N3. The quantitative estimate of drug-likeness (QED) is 0.897. The van der Waals surface area contributed by atoms with E-state index >= 15 is 0 Å². The first-order valence-electron chi connectivity index (χ1n) is 6.78. The van der Waals surface area contributed by atoms with Crippen LogP contribution in [0.15, 0.2) is 18.2 Å². The Morgan fingerprint density at radius 3 is 2.53 bits per heavy atom. The molecule has 0 radical (unpaired) electrons. The van der Waals surface area contributed by atoms with Crippen LogP contribution in [0.5, 0.6) is 0 Å². The fraction of sp³-hybridized carbons (Fsp3) is 0.571. The molecule has 2 rings (SSSR count). The van der Waals surface area contributed by atoms with Crippen molar-refractivity contribution < 1.29 is 8.78 Å². The highest BCUT2D eigenvalue weighted by molar-refractivity contribution is 5.18. The number of hydrogen-bond donors (Lipinski definition) is 1. The summed E-state index contributed by atoms with van der Waals surface area (Å²) >= 11 is 0. The third-order valence-corrected chi connectivity index (χ3v) is 3.54. The Hall–Kier alpha value is -1.04. The fourth-order valence-electron chi connectivity index (χ4n) is 2.48. The number of benzene rings is 1. The van der Waals surface area contributed by atoms with Crippen LogP contribution in [0.4, 0.5) is 8.78 Å². The molecule has 3 nitrogen and oxygen atoms in total. The van der Waals surface area contributed by atoms with Gasteiger partial charge in [-0.2, -0.15) is 0 Å². The van der Waals surface area contributed by atoms with E-state index in [1.54, 1.807) is 0 Å². The van der Waals surface area contributed by atoms with Crippen molar-refractivity contribution in [3.63, 3.8) is 0 Å². The van der Waals surface area contributed by atoms with Gasteiger partial charge in [-0.25, -0.2) is 8.78 Å². The Morgan fingerprint density at radius 2 is 1.79 bits per heavy atom. The van der Waals surface area contributed by atoms with Crippen molar-refractivity contribution >= 4 is 0 Å². The Balaban J connectivity index is 1.92. The standard InChI is InChI=1S/C14H21F2N3/c15-13-3-2-12(14(16)10-13)11-19-6-1-5-18(7-4-17)8-9-19/h2-3,10H,1,4-9,11,17H2. The molecule has 0 unspecified atom stereocenters. The lowest BCUT2D eigenvalue weighted by Crippen LogP contribution is -2.33. The topological polar surface area (TPSA) is 32.5 Å². The molecule has 1 aliphatic heterocycles. The summed E-state index contributed by atoms with van der Waals surface area (Å²) in [6.07, 6.45) is 1.06. The van der Waals surface area contributed by atoms with Gasteiger partial charge in [-0.3, -0.25) is 4.90 Å².